The van der Waals surface area contributed by atoms with Gasteiger partial charge in [-0.1, -0.05) is 31.4 Å². The van der Waals surface area contributed by atoms with E-state index in [1.165, 1.54) is 51.6 Å². The Balaban J connectivity index is 1.45. The number of hydrogen-bond donors (Lipinski definition) is 1. The SMILES string of the molecule is COc1cccc(CC(=O)N[C@@H]2CCCN(CC3CCCCC3)C2)c1. The van der Waals surface area contributed by atoms with E-state index in [1.807, 2.05) is 24.3 Å². The predicted octanol–water partition coefficient (Wildman–Crippen LogP) is 3.40. The standard InChI is InChI=1S/C21H32N2O2/c1-25-20-11-5-9-18(13-20)14-21(24)22-19-10-6-12-23(16-19)15-17-7-3-2-4-8-17/h5,9,11,13,17,19H,2-4,6-8,10,12,14-16H2,1H3,(H,22,24)/t19-/m1/s1. The molecule has 1 saturated carbocycles. The molecule has 25 heavy (non-hydrogen) atoms. The topological polar surface area (TPSA) is 41.6 Å². The van der Waals surface area contributed by atoms with Crippen LogP contribution in [0, 0.1) is 5.92 Å². The monoisotopic (exact) mass is 344 g/mol. The summed E-state index contributed by atoms with van der Waals surface area (Å²) in [4.78, 5) is 15.0. The molecular formula is C21H32N2O2. The lowest BCUT2D eigenvalue weighted by atomic mass is 9.88. The van der Waals surface area contributed by atoms with Crippen LogP contribution >= 0.6 is 0 Å². The first-order chi connectivity index (χ1) is 12.2. The summed E-state index contributed by atoms with van der Waals surface area (Å²) in [6.07, 6.45) is 9.72. The van der Waals surface area contributed by atoms with E-state index in [1.54, 1.807) is 7.11 Å². The predicted molar refractivity (Wildman–Crippen MR) is 101 cm³/mol. The van der Waals surface area contributed by atoms with Gasteiger partial charge in [-0.15, -0.1) is 0 Å². The first-order valence-electron chi connectivity index (χ1n) is 9.87. The number of benzene rings is 1. The van der Waals surface area contributed by atoms with Crippen LogP contribution in [0.3, 0.4) is 0 Å². The van der Waals surface area contributed by atoms with Crippen LogP contribution in [-0.2, 0) is 11.2 Å². The van der Waals surface area contributed by atoms with Crippen LogP contribution in [0.5, 0.6) is 5.75 Å². The third-order valence-corrected chi connectivity index (χ3v) is 5.61. The Hall–Kier alpha value is -1.55. The molecule has 1 amide bonds. The molecule has 1 aromatic carbocycles. The molecule has 0 bridgehead atoms. The van der Waals surface area contributed by atoms with Gasteiger partial charge in [0.05, 0.1) is 13.5 Å². The minimum absolute atomic E-state index is 0.123. The minimum atomic E-state index is 0.123. The molecular weight excluding hydrogens is 312 g/mol. The van der Waals surface area contributed by atoms with Crippen LogP contribution in [0.25, 0.3) is 0 Å². The summed E-state index contributed by atoms with van der Waals surface area (Å²) < 4.78 is 5.23. The Morgan fingerprint density at radius 3 is 2.84 bits per heavy atom. The number of carbonyl (C=O) groups excluding carboxylic acids is 1. The molecule has 0 radical (unpaired) electrons. The number of amides is 1. The van der Waals surface area contributed by atoms with Gasteiger partial charge in [0.25, 0.3) is 0 Å². The van der Waals surface area contributed by atoms with E-state index in [4.69, 9.17) is 4.74 Å². The molecule has 138 valence electrons. The number of methoxy groups -OCH3 is 1. The normalized spacial score (nSPS) is 22.5. The Bertz CT molecular complexity index is 555. The summed E-state index contributed by atoms with van der Waals surface area (Å²) in [6.45, 7) is 3.43. The van der Waals surface area contributed by atoms with Crippen molar-refractivity contribution in [3.05, 3.63) is 29.8 Å². The zero-order valence-electron chi connectivity index (χ0n) is 15.5. The Morgan fingerprint density at radius 1 is 1.20 bits per heavy atom. The average molecular weight is 344 g/mol. The highest BCUT2D eigenvalue weighted by Crippen LogP contribution is 2.25. The number of carbonyl (C=O) groups is 1. The first kappa shape index (κ1) is 18.2. The zero-order chi connectivity index (χ0) is 17.5. The number of nitrogens with one attached hydrogen (secondary N) is 1. The third kappa shape index (κ3) is 5.74. The lowest BCUT2D eigenvalue weighted by Gasteiger charge is -2.36. The molecule has 2 aliphatic rings. The van der Waals surface area contributed by atoms with Gasteiger partial charge in [0.2, 0.25) is 5.91 Å². The van der Waals surface area contributed by atoms with Crippen molar-refractivity contribution in [1.29, 1.82) is 0 Å². The van der Waals surface area contributed by atoms with Gasteiger partial charge in [0, 0.05) is 19.1 Å². The molecule has 1 N–H and O–H groups in total. The van der Waals surface area contributed by atoms with E-state index < -0.39 is 0 Å². The van der Waals surface area contributed by atoms with Gasteiger partial charge in [-0.05, 0) is 55.8 Å². The highest BCUT2D eigenvalue weighted by molar-refractivity contribution is 5.79. The summed E-state index contributed by atoms with van der Waals surface area (Å²) in [6, 6.07) is 8.07. The first-order valence-corrected chi connectivity index (χ1v) is 9.87. The second kappa shape index (κ2) is 9.23. The van der Waals surface area contributed by atoms with Crippen LogP contribution in [0.4, 0.5) is 0 Å². The molecule has 4 heteroatoms. The maximum absolute atomic E-state index is 12.4. The zero-order valence-corrected chi connectivity index (χ0v) is 15.5. The lowest BCUT2D eigenvalue weighted by Crippen LogP contribution is -2.49. The van der Waals surface area contributed by atoms with Crippen LogP contribution in [0.15, 0.2) is 24.3 Å². The molecule has 4 nitrogen and oxygen atoms in total. The summed E-state index contributed by atoms with van der Waals surface area (Å²) in [5.74, 6) is 1.80. The van der Waals surface area contributed by atoms with Gasteiger partial charge >= 0.3 is 0 Å². The van der Waals surface area contributed by atoms with Crippen molar-refractivity contribution in [3.63, 3.8) is 0 Å². The number of hydrogen-bond acceptors (Lipinski definition) is 3. The van der Waals surface area contributed by atoms with Gasteiger partial charge in [0.15, 0.2) is 0 Å². The van der Waals surface area contributed by atoms with Gasteiger partial charge in [-0.25, -0.2) is 0 Å². The minimum Gasteiger partial charge on any atom is -0.497 e. The summed E-state index contributed by atoms with van der Waals surface area (Å²) in [5, 5.41) is 3.25. The van der Waals surface area contributed by atoms with Gasteiger partial charge in [-0.2, -0.15) is 0 Å². The van der Waals surface area contributed by atoms with Crippen LogP contribution in [-0.4, -0.2) is 43.6 Å². The molecule has 1 aliphatic carbocycles. The van der Waals surface area contributed by atoms with Crippen molar-refractivity contribution < 1.29 is 9.53 Å². The van der Waals surface area contributed by atoms with Crippen molar-refractivity contribution in [2.45, 2.75) is 57.4 Å². The summed E-state index contributed by atoms with van der Waals surface area (Å²) >= 11 is 0. The highest BCUT2D eigenvalue weighted by atomic mass is 16.5. The summed E-state index contributed by atoms with van der Waals surface area (Å²) in [5.41, 5.74) is 1.01. The Labute approximate surface area is 151 Å². The van der Waals surface area contributed by atoms with Gasteiger partial charge < -0.3 is 15.0 Å². The molecule has 1 aliphatic heterocycles. The lowest BCUT2D eigenvalue weighted by molar-refractivity contribution is -0.121. The van der Waals surface area contributed by atoms with Crippen LogP contribution in [0.2, 0.25) is 0 Å². The van der Waals surface area contributed by atoms with E-state index in [9.17, 15) is 4.79 Å². The fraction of sp³-hybridized carbons (Fsp3) is 0.667. The quantitative estimate of drug-likeness (QED) is 0.860. The number of nitrogens with zero attached hydrogens (tertiary/aromatic N) is 1. The molecule has 1 aromatic rings. The van der Waals surface area contributed by atoms with Crippen molar-refractivity contribution in [2.24, 2.45) is 5.92 Å². The number of likely N-dealkylation sites (tertiary alicyclic amines) is 1. The van der Waals surface area contributed by atoms with E-state index in [-0.39, 0.29) is 5.91 Å². The molecule has 3 rings (SSSR count). The molecule has 1 atom stereocenters. The van der Waals surface area contributed by atoms with E-state index in [2.05, 4.69) is 10.2 Å². The molecule has 1 saturated heterocycles. The summed E-state index contributed by atoms with van der Waals surface area (Å²) in [7, 11) is 1.65. The molecule has 1 heterocycles. The van der Waals surface area contributed by atoms with Crippen LogP contribution < -0.4 is 10.1 Å². The van der Waals surface area contributed by atoms with Crippen molar-refractivity contribution in [3.8, 4) is 5.75 Å². The largest absolute Gasteiger partial charge is 0.497 e. The van der Waals surface area contributed by atoms with Crippen molar-refractivity contribution >= 4 is 5.91 Å². The second-order valence-electron chi connectivity index (χ2n) is 7.70. The molecule has 0 unspecified atom stereocenters. The maximum atomic E-state index is 12.4. The van der Waals surface area contributed by atoms with Crippen molar-refractivity contribution in [1.82, 2.24) is 10.2 Å². The van der Waals surface area contributed by atoms with Gasteiger partial charge in [0.1, 0.15) is 5.75 Å². The van der Waals surface area contributed by atoms with Crippen LogP contribution in [0.1, 0.15) is 50.5 Å². The Morgan fingerprint density at radius 2 is 2.04 bits per heavy atom. The molecule has 2 fully saturated rings. The number of piperidine rings is 1. The van der Waals surface area contributed by atoms with E-state index >= 15 is 0 Å². The van der Waals surface area contributed by atoms with E-state index in [0.29, 0.717) is 12.5 Å². The fourth-order valence-corrected chi connectivity index (χ4v) is 4.32. The number of ether oxygens (including phenoxy) is 1. The molecule has 0 spiro atoms. The third-order valence-electron chi connectivity index (χ3n) is 5.61. The fourth-order valence-electron chi connectivity index (χ4n) is 4.32. The maximum Gasteiger partial charge on any atom is 0.224 e. The number of rotatable bonds is 6. The Kier molecular flexibility index (Phi) is 6.74. The molecule has 0 aromatic heterocycles. The van der Waals surface area contributed by atoms with Crippen molar-refractivity contribution in [2.75, 3.05) is 26.7 Å². The smallest absolute Gasteiger partial charge is 0.224 e. The highest BCUT2D eigenvalue weighted by Gasteiger charge is 2.24. The van der Waals surface area contributed by atoms with E-state index in [0.717, 1.165) is 30.2 Å². The second-order valence-corrected chi connectivity index (χ2v) is 7.70. The average Bonchev–Trinajstić information content (AvgIpc) is 2.63. The van der Waals surface area contributed by atoms with Gasteiger partial charge in [-0.3, -0.25) is 4.79 Å².